The van der Waals surface area contributed by atoms with Gasteiger partial charge in [0.2, 0.25) is 12.7 Å². The first-order valence-corrected chi connectivity index (χ1v) is 8.37. The lowest BCUT2D eigenvalue weighted by molar-refractivity contribution is -0.120. The van der Waals surface area contributed by atoms with Crippen LogP contribution < -0.4 is 25.4 Å². The van der Waals surface area contributed by atoms with E-state index in [1.165, 1.54) is 0 Å². The van der Waals surface area contributed by atoms with Gasteiger partial charge in [-0.3, -0.25) is 9.79 Å². The van der Waals surface area contributed by atoms with Crippen molar-refractivity contribution in [2.45, 2.75) is 13.0 Å². The zero-order valence-electron chi connectivity index (χ0n) is 14.6. The van der Waals surface area contributed by atoms with Crippen LogP contribution in [0.3, 0.4) is 0 Å². The molecule has 0 fully saturated rings. The molecule has 0 radical (unpaired) electrons. The molecule has 1 aliphatic rings. The van der Waals surface area contributed by atoms with Crippen LogP contribution in [0.5, 0.6) is 11.5 Å². The molecule has 0 spiro atoms. The van der Waals surface area contributed by atoms with Crippen molar-refractivity contribution in [1.82, 2.24) is 16.0 Å². The number of fused-ring (bicyclic) bond motifs is 1. The molecule has 0 unspecified atom stereocenters. The highest BCUT2D eigenvalue weighted by atomic mass is 16.7. The molecule has 0 saturated carbocycles. The highest BCUT2D eigenvalue weighted by Crippen LogP contribution is 2.32. The second-order valence-corrected chi connectivity index (χ2v) is 5.65. The average Bonchev–Trinajstić information content (AvgIpc) is 3.33. The van der Waals surface area contributed by atoms with Gasteiger partial charge in [0.05, 0.1) is 19.4 Å². The summed E-state index contributed by atoms with van der Waals surface area (Å²) < 4.78 is 15.8. The molecule has 1 amide bonds. The summed E-state index contributed by atoms with van der Waals surface area (Å²) in [6, 6.07) is 9.49. The Bertz CT molecular complexity index is 759. The highest BCUT2D eigenvalue weighted by molar-refractivity contribution is 5.86. The molecule has 0 aliphatic carbocycles. The van der Waals surface area contributed by atoms with Crippen molar-refractivity contribution < 1.29 is 18.7 Å². The van der Waals surface area contributed by atoms with Crippen molar-refractivity contribution in [2.24, 2.45) is 4.99 Å². The van der Waals surface area contributed by atoms with E-state index in [1.54, 1.807) is 19.4 Å². The minimum atomic E-state index is -0.139. The van der Waals surface area contributed by atoms with Crippen LogP contribution in [0.4, 0.5) is 0 Å². The Morgan fingerprint density at radius 3 is 2.85 bits per heavy atom. The van der Waals surface area contributed by atoms with Crippen LogP contribution in [0, 0.1) is 0 Å². The molecule has 3 rings (SSSR count). The van der Waals surface area contributed by atoms with Gasteiger partial charge >= 0.3 is 0 Å². The molecule has 2 heterocycles. The zero-order valence-corrected chi connectivity index (χ0v) is 14.6. The summed E-state index contributed by atoms with van der Waals surface area (Å²) in [4.78, 5) is 15.9. The number of hydrogen-bond acceptors (Lipinski definition) is 5. The lowest BCUT2D eigenvalue weighted by atomic mass is 10.1. The first-order chi connectivity index (χ1) is 12.7. The summed E-state index contributed by atoms with van der Waals surface area (Å²) in [6.45, 7) is 1.44. The number of guanidine groups is 1. The molecule has 8 heteroatoms. The van der Waals surface area contributed by atoms with Crippen molar-refractivity contribution in [1.29, 1.82) is 0 Å². The van der Waals surface area contributed by atoms with E-state index in [4.69, 9.17) is 13.9 Å². The second kappa shape index (κ2) is 8.80. The fourth-order valence-corrected chi connectivity index (χ4v) is 2.47. The van der Waals surface area contributed by atoms with E-state index in [0.717, 1.165) is 23.5 Å². The van der Waals surface area contributed by atoms with Crippen LogP contribution in [0.1, 0.15) is 11.3 Å². The van der Waals surface area contributed by atoms with Crippen molar-refractivity contribution in [3.05, 3.63) is 47.9 Å². The maximum atomic E-state index is 11.8. The van der Waals surface area contributed by atoms with Gasteiger partial charge in [0.25, 0.3) is 0 Å². The fraction of sp³-hybridized carbons (Fsp3) is 0.333. The lowest BCUT2D eigenvalue weighted by Gasteiger charge is -2.12. The third kappa shape index (κ3) is 4.92. The summed E-state index contributed by atoms with van der Waals surface area (Å²) in [7, 11) is 1.66. The van der Waals surface area contributed by atoms with E-state index in [0.29, 0.717) is 24.8 Å². The van der Waals surface area contributed by atoms with Crippen LogP contribution in [0.15, 0.2) is 46.0 Å². The Balaban J connectivity index is 1.36. The van der Waals surface area contributed by atoms with Gasteiger partial charge in [-0.05, 0) is 36.2 Å². The largest absolute Gasteiger partial charge is 0.467 e. The van der Waals surface area contributed by atoms with Crippen molar-refractivity contribution in [3.63, 3.8) is 0 Å². The number of nitrogens with zero attached hydrogens (tertiary/aromatic N) is 1. The predicted molar refractivity (Wildman–Crippen MR) is 96.2 cm³/mol. The molecule has 0 bridgehead atoms. The van der Waals surface area contributed by atoms with Crippen molar-refractivity contribution in [3.8, 4) is 11.5 Å². The van der Waals surface area contributed by atoms with Crippen LogP contribution in [0.2, 0.25) is 0 Å². The van der Waals surface area contributed by atoms with E-state index < -0.39 is 0 Å². The van der Waals surface area contributed by atoms with Crippen LogP contribution >= 0.6 is 0 Å². The maximum Gasteiger partial charge on any atom is 0.239 e. The Labute approximate surface area is 151 Å². The normalized spacial score (nSPS) is 12.7. The minimum Gasteiger partial charge on any atom is -0.467 e. The quantitative estimate of drug-likeness (QED) is 0.505. The summed E-state index contributed by atoms with van der Waals surface area (Å²) in [6.07, 6.45) is 2.37. The molecule has 1 aliphatic heterocycles. The van der Waals surface area contributed by atoms with Gasteiger partial charge in [-0.1, -0.05) is 6.07 Å². The van der Waals surface area contributed by atoms with Crippen molar-refractivity contribution in [2.75, 3.05) is 26.9 Å². The Kier molecular flexibility index (Phi) is 5.97. The molecule has 138 valence electrons. The lowest BCUT2D eigenvalue weighted by Crippen LogP contribution is -2.43. The third-order valence-corrected chi connectivity index (χ3v) is 3.82. The number of amides is 1. The summed E-state index contributed by atoms with van der Waals surface area (Å²) in [5.74, 6) is 2.70. The van der Waals surface area contributed by atoms with Crippen LogP contribution in [0.25, 0.3) is 0 Å². The number of carbonyl (C=O) groups is 1. The molecule has 0 saturated heterocycles. The number of hydrogen-bond donors (Lipinski definition) is 3. The predicted octanol–water partition coefficient (Wildman–Crippen LogP) is 1.03. The zero-order chi connectivity index (χ0) is 18.2. The number of aliphatic imine (C=N–C) groups is 1. The van der Waals surface area contributed by atoms with Gasteiger partial charge in [0, 0.05) is 13.6 Å². The molecule has 26 heavy (non-hydrogen) atoms. The SMILES string of the molecule is CN=C(NCCc1ccc2c(c1)OCO2)NCC(=O)NCc1ccco1. The minimum absolute atomic E-state index is 0.129. The van der Waals surface area contributed by atoms with E-state index in [9.17, 15) is 4.79 Å². The molecule has 1 aromatic heterocycles. The first kappa shape index (κ1) is 17.7. The Morgan fingerprint density at radius 1 is 1.15 bits per heavy atom. The van der Waals surface area contributed by atoms with E-state index in [2.05, 4.69) is 20.9 Å². The standard InChI is InChI=1S/C18H22N4O4/c1-19-18(22-11-17(23)21-10-14-3-2-8-24-14)20-7-6-13-4-5-15-16(9-13)26-12-25-15/h2-5,8-9H,6-7,10-12H2,1H3,(H,21,23)(H2,19,20,22). The number of nitrogens with one attached hydrogen (secondary N) is 3. The van der Waals surface area contributed by atoms with Gasteiger partial charge in [-0.15, -0.1) is 0 Å². The molecule has 8 nitrogen and oxygen atoms in total. The Hall–Kier alpha value is -3.16. The third-order valence-electron chi connectivity index (χ3n) is 3.82. The second-order valence-electron chi connectivity index (χ2n) is 5.65. The fourth-order valence-electron chi connectivity index (χ4n) is 2.47. The smallest absolute Gasteiger partial charge is 0.239 e. The monoisotopic (exact) mass is 358 g/mol. The van der Waals surface area contributed by atoms with E-state index >= 15 is 0 Å². The molecule has 0 atom stereocenters. The molecule has 1 aromatic carbocycles. The van der Waals surface area contributed by atoms with E-state index in [1.807, 2.05) is 24.3 Å². The number of rotatable bonds is 7. The molecular formula is C18H22N4O4. The molecule has 2 aromatic rings. The van der Waals surface area contributed by atoms with Crippen molar-refractivity contribution >= 4 is 11.9 Å². The number of carbonyl (C=O) groups excluding carboxylic acids is 1. The molecule has 3 N–H and O–H groups in total. The first-order valence-electron chi connectivity index (χ1n) is 8.37. The molecular weight excluding hydrogens is 336 g/mol. The number of benzene rings is 1. The van der Waals surface area contributed by atoms with Gasteiger partial charge in [0.15, 0.2) is 17.5 Å². The van der Waals surface area contributed by atoms with Crippen LogP contribution in [-0.4, -0.2) is 38.8 Å². The van der Waals surface area contributed by atoms with Gasteiger partial charge < -0.3 is 29.8 Å². The van der Waals surface area contributed by atoms with E-state index in [-0.39, 0.29) is 19.2 Å². The number of furan rings is 1. The average molecular weight is 358 g/mol. The Morgan fingerprint density at radius 2 is 2.04 bits per heavy atom. The summed E-state index contributed by atoms with van der Waals surface area (Å²) in [5.41, 5.74) is 1.13. The van der Waals surface area contributed by atoms with Gasteiger partial charge in [-0.2, -0.15) is 0 Å². The summed E-state index contributed by atoms with van der Waals surface area (Å²) in [5, 5.41) is 8.92. The van der Waals surface area contributed by atoms with Gasteiger partial charge in [0.1, 0.15) is 5.76 Å². The highest BCUT2D eigenvalue weighted by Gasteiger charge is 2.13. The number of ether oxygens (including phenoxy) is 2. The maximum absolute atomic E-state index is 11.8. The van der Waals surface area contributed by atoms with Gasteiger partial charge in [-0.25, -0.2) is 0 Å². The summed E-state index contributed by atoms with van der Waals surface area (Å²) >= 11 is 0. The van der Waals surface area contributed by atoms with Crippen LogP contribution in [-0.2, 0) is 17.8 Å². The topological polar surface area (TPSA) is 97.1 Å².